The summed E-state index contributed by atoms with van der Waals surface area (Å²) in [5.41, 5.74) is 1.90. The Labute approximate surface area is 72.9 Å². The van der Waals surface area contributed by atoms with Crippen molar-refractivity contribution in [2.24, 2.45) is 7.05 Å². The molecule has 0 N–H and O–H groups in total. The molecule has 0 radical (unpaired) electrons. The van der Waals surface area contributed by atoms with Gasteiger partial charge in [-0.2, -0.15) is 5.10 Å². The molecule has 0 aliphatic rings. The summed E-state index contributed by atoms with van der Waals surface area (Å²) in [6, 6.07) is 10.3. The summed E-state index contributed by atoms with van der Waals surface area (Å²) >= 11 is 0. The van der Waals surface area contributed by atoms with E-state index >= 15 is 0 Å². The van der Waals surface area contributed by atoms with Gasteiger partial charge in [0.15, 0.2) is 0 Å². The van der Waals surface area contributed by atoms with E-state index < -0.39 is 0 Å². The zero-order valence-electron chi connectivity index (χ0n) is 7.86. The summed E-state index contributed by atoms with van der Waals surface area (Å²) in [4.78, 5) is 0. The Bertz CT molecular complexity index is 387. The summed E-state index contributed by atoms with van der Waals surface area (Å²) in [5.74, 6) is 0. The third-order valence-corrected chi connectivity index (χ3v) is 1.80. The molecule has 2 nitrogen and oxygen atoms in total. The molecule has 0 spiro atoms. The SMILES string of the molecule is [2H]c1cnn(C)c1-c1ccccc1. The van der Waals surface area contributed by atoms with Crippen LogP contribution in [0.25, 0.3) is 11.3 Å². The highest BCUT2D eigenvalue weighted by atomic mass is 15.2. The summed E-state index contributed by atoms with van der Waals surface area (Å²) in [6.07, 6.45) is 1.56. The lowest BCUT2D eigenvalue weighted by Crippen LogP contribution is -1.92. The number of benzene rings is 1. The molecule has 0 saturated carbocycles. The maximum absolute atomic E-state index is 7.65. The van der Waals surface area contributed by atoms with E-state index in [9.17, 15) is 0 Å². The van der Waals surface area contributed by atoms with E-state index in [2.05, 4.69) is 5.10 Å². The Balaban J connectivity index is 2.59. The van der Waals surface area contributed by atoms with E-state index in [1.807, 2.05) is 37.4 Å². The number of aromatic nitrogens is 2. The molecule has 1 heterocycles. The van der Waals surface area contributed by atoms with Gasteiger partial charge >= 0.3 is 0 Å². The molecule has 60 valence electrons. The fraction of sp³-hybridized carbons (Fsp3) is 0.100. The van der Waals surface area contributed by atoms with Gasteiger partial charge in [-0.05, 0) is 11.6 Å². The van der Waals surface area contributed by atoms with Crippen molar-refractivity contribution in [1.82, 2.24) is 9.78 Å². The van der Waals surface area contributed by atoms with Crippen LogP contribution >= 0.6 is 0 Å². The van der Waals surface area contributed by atoms with Crippen LogP contribution in [0, 0.1) is 0 Å². The van der Waals surface area contributed by atoms with Gasteiger partial charge in [-0.3, -0.25) is 4.68 Å². The third-order valence-electron chi connectivity index (χ3n) is 1.80. The monoisotopic (exact) mass is 159 g/mol. The predicted octanol–water partition coefficient (Wildman–Crippen LogP) is 2.09. The zero-order chi connectivity index (χ0) is 9.26. The van der Waals surface area contributed by atoms with Gasteiger partial charge in [-0.1, -0.05) is 30.3 Å². The highest BCUT2D eigenvalue weighted by Gasteiger charge is 1.98. The Morgan fingerprint density at radius 2 is 2.08 bits per heavy atom. The van der Waals surface area contributed by atoms with E-state index in [-0.39, 0.29) is 0 Å². The number of hydrogen-bond acceptors (Lipinski definition) is 1. The molecule has 12 heavy (non-hydrogen) atoms. The lowest BCUT2D eigenvalue weighted by molar-refractivity contribution is 0.776. The molecular formula is C10H10N2. The molecule has 0 bridgehead atoms. The second-order valence-electron chi connectivity index (χ2n) is 2.63. The molecule has 2 rings (SSSR count). The van der Waals surface area contributed by atoms with Gasteiger partial charge in [0, 0.05) is 13.2 Å². The van der Waals surface area contributed by atoms with Crippen molar-refractivity contribution >= 4 is 0 Å². The first-order valence-electron chi connectivity index (χ1n) is 4.33. The molecule has 2 aromatic rings. The van der Waals surface area contributed by atoms with Crippen LogP contribution < -0.4 is 0 Å². The van der Waals surface area contributed by atoms with Crippen molar-refractivity contribution in [3.63, 3.8) is 0 Å². The smallest absolute Gasteiger partial charge is 0.0678 e. The quantitative estimate of drug-likeness (QED) is 0.623. The lowest BCUT2D eigenvalue weighted by Gasteiger charge is -1.99. The van der Waals surface area contributed by atoms with E-state index in [4.69, 9.17) is 1.37 Å². The molecule has 1 aromatic heterocycles. The lowest BCUT2D eigenvalue weighted by atomic mass is 10.2. The first-order chi connectivity index (χ1) is 6.29. The van der Waals surface area contributed by atoms with Gasteiger partial charge in [0.05, 0.1) is 7.06 Å². The van der Waals surface area contributed by atoms with Crippen molar-refractivity contribution in [2.45, 2.75) is 0 Å². The molecule has 0 fully saturated rings. The highest BCUT2D eigenvalue weighted by Crippen LogP contribution is 2.16. The Hall–Kier alpha value is -1.57. The molecule has 0 amide bonds. The topological polar surface area (TPSA) is 17.8 Å². The average molecular weight is 159 g/mol. The van der Waals surface area contributed by atoms with E-state index in [0.717, 1.165) is 11.3 Å². The molecule has 0 saturated heterocycles. The molecule has 1 aromatic carbocycles. The average Bonchev–Trinajstić information content (AvgIpc) is 2.48. The first-order valence-corrected chi connectivity index (χ1v) is 3.83. The molecule has 0 atom stereocenters. The highest BCUT2D eigenvalue weighted by molar-refractivity contribution is 5.58. The van der Waals surface area contributed by atoms with Crippen molar-refractivity contribution in [1.29, 1.82) is 0 Å². The van der Waals surface area contributed by atoms with E-state index in [1.54, 1.807) is 10.9 Å². The van der Waals surface area contributed by atoms with Gasteiger partial charge in [-0.15, -0.1) is 0 Å². The Morgan fingerprint density at radius 3 is 2.67 bits per heavy atom. The number of rotatable bonds is 1. The van der Waals surface area contributed by atoms with Crippen molar-refractivity contribution < 1.29 is 1.37 Å². The molecule has 0 aliphatic carbocycles. The van der Waals surface area contributed by atoms with E-state index in [0.29, 0.717) is 6.04 Å². The van der Waals surface area contributed by atoms with Crippen molar-refractivity contribution in [3.8, 4) is 11.3 Å². The zero-order valence-corrected chi connectivity index (χ0v) is 6.86. The second-order valence-corrected chi connectivity index (χ2v) is 2.63. The minimum Gasteiger partial charge on any atom is -0.268 e. The minimum atomic E-state index is 0.466. The Kier molecular flexibility index (Phi) is 1.41. The van der Waals surface area contributed by atoms with Crippen LogP contribution in [0.15, 0.2) is 42.6 Å². The van der Waals surface area contributed by atoms with Crippen LogP contribution in [0.5, 0.6) is 0 Å². The van der Waals surface area contributed by atoms with Gasteiger partial charge in [0.2, 0.25) is 0 Å². The van der Waals surface area contributed by atoms with Crippen LogP contribution in [0.2, 0.25) is 0 Å². The van der Waals surface area contributed by atoms with Gasteiger partial charge in [0.25, 0.3) is 0 Å². The van der Waals surface area contributed by atoms with Crippen LogP contribution in [-0.2, 0) is 7.05 Å². The van der Waals surface area contributed by atoms with Gasteiger partial charge in [-0.25, -0.2) is 0 Å². The van der Waals surface area contributed by atoms with Crippen LogP contribution in [0.4, 0.5) is 0 Å². The maximum Gasteiger partial charge on any atom is 0.0678 e. The summed E-state index contributed by atoms with van der Waals surface area (Å²) in [5, 5.41) is 4.02. The van der Waals surface area contributed by atoms with Crippen molar-refractivity contribution in [2.75, 3.05) is 0 Å². The summed E-state index contributed by atoms with van der Waals surface area (Å²) in [6.45, 7) is 0. The minimum absolute atomic E-state index is 0.466. The Morgan fingerprint density at radius 1 is 1.33 bits per heavy atom. The van der Waals surface area contributed by atoms with Crippen LogP contribution in [0.3, 0.4) is 0 Å². The fourth-order valence-electron chi connectivity index (χ4n) is 1.19. The molecular weight excluding hydrogens is 148 g/mol. The first kappa shape index (κ1) is 6.00. The summed E-state index contributed by atoms with van der Waals surface area (Å²) < 4.78 is 9.37. The maximum atomic E-state index is 7.65. The number of nitrogens with zero attached hydrogens (tertiary/aromatic N) is 2. The predicted molar refractivity (Wildman–Crippen MR) is 48.6 cm³/mol. The van der Waals surface area contributed by atoms with E-state index in [1.165, 1.54) is 0 Å². The van der Waals surface area contributed by atoms with Gasteiger partial charge in [0.1, 0.15) is 0 Å². The largest absolute Gasteiger partial charge is 0.268 e. The fourth-order valence-corrected chi connectivity index (χ4v) is 1.19. The molecule has 0 unspecified atom stereocenters. The summed E-state index contributed by atoms with van der Waals surface area (Å²) in [7, 11) is 1.85. The van der Waals surface area contributed by atoms with Crippen molar-refractivity contribution in [3.05, 3.63) is 42.6 Å². The normalized spacial score (nSPS) is 11.2. The van der Waals surface area contributed by atoms with Crippen LogP contribution in [-0.4, -0.2) is 9.78 Å². The second kappa shape index (κ2) is 2.81. The molecule has 0 aliphatic heterocycles. The third kappa shape index (κ3) is 1.11. The van der Waals surface area contributed by atoms with Crippen LogP contribution in [0.1, 0.15) is 1.37 Å². The number of aryl methyl sites for hydroxylation is 1. The van der Waals surface area contributed by atoms with Gasteiger partial charge < -0.3 is 0 Å². The molecule has 2 heteroatoms. The standard InChI is InChI=1S/C10H10N2/c1-12-10(7-8-11-12)9-5-3-2-4-6-9/h2-8H,1H3/i7D. The number of hydrogen-bond donors (Lipinski definition) is 0.